The first-order chi connectivity index (χ1) is 29.4. The molecule has 3 saturated carbocycles. The van der Waals surface area contributed by atoms with E-state index in [1.165, 1.54) is 25.3 Å². The first kappa shape index (κ1) is 46.2. The largest absolute Gasteiger partial charge is 0.394 e. The van der Waals surface area contributed by atoms with Gasteiger partial charge in [-0.15, -0.1) is 0 Å². The lowest BCUT2D eigenvalue weighted by Crippen LogP contribution is -2.67. The molecule has 0 aromatic heterocycles. The molecule has 354 valence electrons. The molecule has 4 aliphatic carbocycles. The van der Waals surface area contributed by atoms with Crippen molar-refractivity contribution in [3.63, 3.8) is 0 Å². The Labute approximate surface area is 364 Å². The van der Waals surface area contributed by atoms with Gasteiger partial charge in [-0.25, -0.2) is 0 Å². The Hall–Kier alpha value is -0.940. The second-order valence-electron chi connectivity index (χ2n) is 21.2. The zero-order chi connectivity index (χ0) is 44.2. The highest BCUT2D eigenvalue weighted by atomic mass is 16.8. The van der Waals surface area contributed by atoms with Crippen LogP contribution in [-0.4, -0.2) is 176 Å². The van der Waals surface area contributed by atoms with E-state index in [0.717, 1.165) is 38.6 Å². The van der Waals surface area contributed by atoms with Gasteiger partial charge in [-0.2, -0.15) is 0 Å². The number of ether oxygens (including phenoxy) is 7. The van der Waals surface area contributed by atoms with Crippen molar-refractivity contribution in [3.05, 3.63) is 11.6 Å². The Morgan fingerprint density at radius 2 is 1.35 bits per heavy atom. The average molecular weight is 884 g/mol. The number of aliphatic hydroxyl groups is 9. The molecule has 9 rings (SSSR count). The second-order valence-corrected chi connectivity index (χ2v) is 21.2. The minimum absolute atomic E-state index is 0.0361. The summed E-state index contributed by atoms with van der Waals surface area (Å²) in [5.74, 6) is 3.32. The maximum absolute atomic E-state index is 11.6. The molecular weight excluding hydrogens is 810 g/mol. The summed E-state index contributed by atoms with van der Waals surface area (Å²) in [5.41, 5.74) is 1.32. The van der Waals surface area contributed by atoms with Gasteiger partial charge in [-0.05, 0) is 105 Å². The van der Waals surface area contributed by atoms with E-state index in [1.54, 1.807) is 0 Å². The molecule has 0 bridgehead atoms. The van der Waals surface area contributed by atoms with Gasteiger partial charge in [0.25, 0.3) is 0 Å². The van der Waals surface area contributed by atoms with Crippen LogP contribution in [0.15, 0.2) is 11.6 Å². The molecule has 5 aliphatic heterocycles. The number of rotatable bonds is 8. The standard InChI is InChI=1S/C45H73NO16/c1-19-8-13-45(46-16-19)20(2)30-27(62-45)15-26-24-7-6-22-14-23(9-11-43(22,4)25(24)10-12-44(26,30)5)57-42-39(61-40-36(54)34(52)31(49)21(3)56-40)38(33(51)29(18-48)59-42)60-41-37(55)35(53)32(50)28(17-47)58-41/h6,19-21,23-42,46-55H,7-18H2,1-5H3/t19-,20-,21?,23-,24+,25-,26-,27-,28?,29?,30-,31?,32?,33?,34?,35?,36?,37?,38?,39?,40?,41?,42?,43-,44-,45+/m0/s1. The molecule has 0 aromatic carbocycles. The summed E-state index contributed by atoms with van der Waals surface area (Å²) in [7, 11) is 0. The SMILES string of the molecule is CC1OC(OC2C(O[C@H]3CC[C@@]4(C)C(=CC[C@H]5[C@@H]6C[C@@H]7O[C@]8(CC[C@H](C)CN8)[C@@H](C)[C@@H]7[C@@]6(C)CC[C@@H]54)C3)OC(CO)C(O)C2OC2OC(CO)C(O)C(O)C2O)C(O)C(O)C1O. The molecule has 0 radical (unpaired) electrons. The zero-order valence-corrected chi connectivity index (χ0v) is 36.7. The minimum Gasteiger partial charge on any atom is -0.394 e. The molecule has 15 unspecified atom stereocenters. The van der Waals surface area contributed by atoms with E-state index in [0.29, 0.717) is 48.3 Å². The molecule has 5 saturated heterocycles. The molecule has 26 atom stereocenters. The van der Waals surface area contributed by atoms with Gasteiger partial charge < -0.3 is 79.1 Å². The fourth-order valence-corrected chi connectivity index (χ4v) is 14.2. The summed E-state index contributed by atoms with van der Waals surface area (Å²) in [6, 6.07) is 0. The van der Waals surface area contributed by atoms with Crippen LogP contribution in [0.25, 0.3) is 0 Å². The summed E-state index contributed by atoms with van der Waals surface area (Å²) in [5, 5.41) is 99.7. The topological polar surface area (TPSA) is 259 Å². The first-order valence-electron chi connectivity index (χ1n) is 23.5. The van der Waals surface area contributed by atoms with Crippen LogP contribution in [-0.2, 0) is 33.2 Å². The molecule has 1 spiro atoms. The Kier molecular flexibility index (Phi) is 12.9. The molecule has 10 N–H and O–H groups in total. The lowest BCUT2D eigenvalue weighted by molar-refractivity contribution is -0.394. The van der Waals surface area contributed by atoms with Crippen molar-refractivity contribution in [1.29, 1.82) is 0 Å². The summed E-state index contributed by atoms with van der Waals surface area (Å²) >= 11 is 0. The third kappa shape index (κ3) is 7.49. The van der Waals surface area contributed by atoms with Gasteiger partial charge in [0.15, 0.2) is 18.9 Å². The zero-order valence-electron chi connectivity index (χ0n) is 36.7. The first-order valence-corrected chi connectivity index (χ1v) is 23.5. The number of fused-ring (bicyclic) bond motifs is 7. The highest BCUT2D eigenvalue weighted by molar-refractivity contribution is 5.26. The van der Waals surface area contributed by atoms with Crippen molar-refractivity contribution in [2.45, 2.75) is 202 Å². The number of hydrogen-bond acceptors (Lipinski definition) is 17. The summed E-state index contributed by atoms with van der Waals surface area (Å²) in [4.78, 5) is 0. The van der Waals surface area contributed by atoms with Gasteiger partial charge in [-0.3, -0.25) is 5.32 Å². The molecule has 9 aliphatic rings. The molecule has 5 heterocycles. The Bertz CT molecular complexity index is 1610. The van der Waals surface area contributed by atoms with Crippen molar-refractivity contribution in [3.8, 4) is 0 Å². The van der Waals surface area contributed by atoms with E-state index >= 15 is 0 Å². The van der Waals surface area contributed by atoms with Crippen LogP contribution in [0.3, 0.4) is 0 Å². The van der Waals surface area contributed by atoms with Gasteiger partial charge in [-0.1, -0.05) is 39.3 Å². The average Bonchev–Trinajstić information content (AvgIpc) is 3.70. The maximum atomic E-state index is 11.6. The molecule has 0 aromatic rings. The molecule has 0 amide bonds. The molecule has 8 fully saturated rings. The Morgan fingerprint density at radius 3 is 2.05 bits per heavy atom. The predicted molar refractivity (Wildman–Crippen MR) is 216 cm³/mol. The number of nitrogens with one attached hydrogen (secondary N) is 1. The van der Waals surface area contributed by atoms with Gasteiger partial charge in [0, 0.05) is 12.5 Å². The van der Waals surface area contributed by atoms with Gasteiger partial charge in [0.1, 0.15) is 72.9 Å². The Balaban J connectivity index is 0.940. The van der Waals surface area contributed by atoms with Crippen molar-refractivity contribution in [1.82, 2.24) is 5.32 Å². The minimum atomic E-state index is -1.84. The van der Waals surface area contributed by atoms with E-state index < -0.39 is 111 Å². The van der Waals surface area contributed by atoms with Gasteiger partial charge in [0.2, 0.25) is 0 Å². The normalized spacial score (nSPS) is 57.6. The molecular formula is C45H73NO16. The van der Waals surface area contributed by atoms with Crippen molar-refractivity contribution >= 4 is 0 Å². The monoisotopic (exact) mass is 883 g/mol. The van der Waals surface area contributed by atoms with Crippen molar-refractivity contribution in [2.24, 2.45) is 46.3 Å². The lowest BCUT2D eigenvalue weighted by atomic mass is 9.47. The van der Waals surface area contributed by atoms with Crippen LogP contribution < -0.4 is 5.32 Å². The van der Waals surface area contributed by atoms with Crippen LogP contribution in [0, 0.1) is 46.3 Å². The second kappa shape index (κ2) is 17.3. The van der Waals surface area contributed by atoms with E-state index in [4.69, 9.17) is 33.2 Å². The van der Waals surface area contributed by atoms with Crippen molar-refractivity contribution < 1.29 is 79.1 Å². The van der Waals surface area contributed by atoms with E-state index in [-0.39, 0.29) is 22.7 Å². The predicted octanol–water partition coefficient (Wildman–Crippen LogP) is -0.213. The number of piperidine rings is 1. The van der Waals surface area contributed by atoms with Crippen LogP contribution >= 0.6 is 0 Å². The number of aliphatic hydroxyl groups excluding tert-OH is 9. The quantitative estimate of drug-likeness (QED) is 0.142. The fraction of sp³-hybridized carbons (Fsp3) is 0.956. The van der Waals surface area contributed by atoms with Gasteiger partial charge in [0.05, 0.1) is 31.5 Å². The van der Waals surface area contributed by atoms with Crippen LogP contribution in [0.2, 0.25) is 0 Å². The van der Waals surface area contributed by atoms with E-state index in [1.807, 2.05) is 0 Å². The van der Waals surface area contributed by atoms with Crippen LogP contribution in [0.1, 0.15) is 92.4 Å². The molecule has 17 nitrogen and oxygen atoms in total. The third-order valence-corrected chi connectivity index (χ3v) is 17.9. The fourth-order valence-electron chi connectivity index (χ4n) is 14.2. The maximum Gasteiger partial charge on any atom is 0.187 e. The summed E-state index contributed by atoms with van der Waals surface area (Å²) < 4.78 is 43.9. The summed E-state index contributed by atoms with van der Waals surface area (Å²) in [6.45, 7) is 10.8. The third-order valence-electron chi connectivity index (χ3n) is 17.9. The van der Waals surface area contributed by atoms with E-state index in [2.05, 4.69) is 39.1 Å². The van der Waals surface area contributed by atoms with Crippen LogP contribution in [0.5, 0.6) is 0 Å². The lowest BCUT2D eigenvalue weighted by Gasteiger charge is -2.59. The number of hydrogen-bond donors (Lipinski definition) is 10. The molecule has 17 heteroatoms. The smallest absolute Gasteiger partial charge is 0.187 e. The highest BCUT2D eigenvalue weighted by Crippen LogP contribution is 2.70. The van der Waals surface area contributed by atoms with Crippen molar-refractivity contribution in [2.75, 3.05) is 19.8 Å². The highest BCUT2D eigenvalue weighted by Gasteiger charge is 2.68. The summed E-state index contributed by atoms with van der Waals surface area (Å²) in [6.07, 6.45) is -11.9. The van der Waals surface area contributed by atoms with Gasteiger partial charge >= 0.3 is 0 Å². The van der Waals surface area contributed by atoms with E-state index in [9.17, 15) is 46.0 Å². The number of allylic oxidation sites excluding steroid dienone is 1. The molecule has 62 heavy (non-hydrogen) atoms. The Morgan fingerprint density at radius 1 is 0.694 bits per heavy atom. The van der Waals surface area contributed by atoms with Crippen LogP contribution in [0.4, 0.5) is 0 Å².